The van der Waals surface area contributed by atoms with Gasteiger partial charge in [0.05, 0.1) is 22.7 Å². The van der Waals surface area contributed by atoms with Gasteiger partial charge in [-0.05, 0) is 36.8 Å². The second kappa shape index (κ2) is 6.37. The number of para-hydroxylation sites is 1. The minimum atomic E-state index is -3.41. The molecular formula is C15H15ClN2O3S. The molecule has 2 rings (SSSR count). The zero-order valence-corrected chi connectivity index (χ0v) is 13.6. The van der Waals surface area contributed by atoms with Gasteiger partial charge in [0, 0.05) is 5.56 Å². The molecule has 5 nitrogen and oxygen atoms in total. The highest BCUT2D eigenvalue weighted by molar-refractivity contribution is 7.92. The fourth-order valence-corrected chi connectivity index (χ4v) is 2.75. The molecule has 0 aliphatic heterocycles. The second-order valence-electron chi connectivity index (χ2n) is 4.79. The van der Waals surface area contributed by atoms with Crippen molar-refractivity contribution in [2.45, 2.75) is 6.92 Å². The molecule has 7 heteroatoms. The largest absolute Gasteiger partial charge is 0.321 e. The molecule has 2 aromatic rings. The van der Waals surface area contributed by atoms with Gasteiger partial charge in [-0.15, -0.1) is 0 Å². The summed E-state index contributed by atoms with van der Waals surface area (Å²) in [4.78, 5) is 12.4. The maximum atomic E-state index is 12.4. The third-order valence-corrected chi connectivity index (χ3v) is 3.92. The molecule has 2 N–H and O–H groups in total. The van der Waals surface area contributed by atoms with E-state index in [1.165, 1.54) is 0 Å². The molecule has 0 saturated carbocycles. The van der Waals surface area contributed by atoms with E-state index < -0.39 is 10.0 Å². The molecule has 0 unspecified atom stereocenters. The summed E-state index contributed by atoms with van der Waals surface area (Å²) in [6, 6.07) is 11.7. The molecular weight excluding hydrogens is 324 g/mol. The highest BCUT2D eigenvalue weighted by Crippen LogP contribution is 2.24. The van der Waals surface area contributed by atoms with Crippen LogP contribution in [-0.4, -0.2) is 20.6 Å². The highest BCUT2D eigenvalue weighted by atomic mass is 35.5. The van der Waals surface area contributed by atoms with Gasteiger partial charge in [-0.2, -0.15) is 0 Å². The fraction of sp³-hybridized carbons (Fsp3) is 0.133. The molecule has 22 heavy (non-hydrogen) atoms. The molecule has 0 saturated heterocycles. The summed E-state index contributed by atoms with van der Waals surface area (Å²) in [7, 11) is -3.41. The number of hydrogen-bond acceptors (Lipinski definition) is 3. The number of nitrogens with one attached hydrogen (secondary N) is 2. The number of hydrogen-bond donors (Lipinski definition) is 2. The van der Waals surface area contributed by atoms with E-state index in [-0.39, 0.29) is 5.91 Å². The van der Waals surface area contributed by atoms with Gasteiger partial charge in [0.25, 0.3) is 5.91 Å². The number of carbonyl (C=O) groups is 1. The average Bonchev–Trinajstić information content (AvgIpc) is 2.42. The van der Waals surface area contributed by atoms with Crippen molar-refractivity contribution in [2.75, 3.05) is 16.3 Å². The Labute approximate surface area is 134 Å². The first-order valence-corrected chi connectivity index (χ1v) is 8.68. The summed E-state index contributed by atoms with van der Waals surface area (Å²) >= 11 is 6.01. The van der Waals surface area contributed by atoms with Crippen molar-refractivity contribution in [1.82, 2.24) is 0 Å². The summed E-state index contributed by atoms with van der Waals surface area (Å²) in [6.07, 6.45) is 1.06. The number of benzene rings is 2. The van der Waals surface area contributed by atoms with Crippen molar-refractivity contribution in [3.05, 3.63) is 58.6 Å². The van der Waals surface area contributed by atoms with Gasteiger partial charge < -0.3 is 5.32 Å². The predicted molar refractivity (Wildman–Crippen MR) is 89.1 cm³/mol. The van der Waals surface area contributed by atoms with Crippen LogP contribution in [0.5, 0.6) is 0 Å². The van der Waals surface area contributed by atoms with Crippen LogP contribution in [0.25, 0.3) is 0 Å². The monoisotopic (exact) mass is 338 g/mol. The summed E-state index contributed by atoms with van der Waals surface area (Å²) in [5, 5.41) is 3.14. The van der Waals surface area contributed by atoms with Crippen LogP contribution in [0.15, 0.2) is 42.5 Å². The van der Waals surface area contributed by atoms with Gasteiger partial charge in [-0.25, -0.2) is 8.42 Å². The third kappa shape index (κ3) is 3.99. The Morgan fingerprint density at radius 3 is 2.32 bits per heavy atom. The molecule has 1 amide bonds. The summed E-state index contributed by atoms with van der Waals surface area (Å²) < 4.78 is 25.1. The predicted octanol–water partition coefficient (Wildman–Crippen LogP) is 3.27. The van der Waals surface area contributed by atoms with Crippen molar-refractivity contribution >= 4 is 38.9 Å². The van der Waals surface area contributed by atoms with Crippen molar-refractivity contribution in [3.8, 4) is 0 Å². The Morgan fingerprint density at radius 2 is 1.68 bits per heavy atom. The minimum absolute atomic E-state index is 0.359. The normalized spacial score (nSPS) is 11.0. The Balaban J connectivity index is 2.31. The van der Waals surface area contributed by atoms with E-state index in [0.29, 0.717) is 27.5 Å². The van der Waals surface area contributed by atoms with Crippen LogP contribution < -0.4 is 10.0 Å². The van der Waals surface area contributed by atoms with Crippen molar-refractivity contribution in [2.24, 2.45) is 0 Å². The number of rotatable bonds is 4. The minimum Gasteiger partial charge on any atom is -0.321 e. The lowest BCUT2D eigenvalue weighted by Crippen LogP contribution is -2.16. The number of halogens is 1. The third-order valence-electron chi connectivity index (χ3n) is 3.00. The average molecular weight is 339 g/mol. The Kier molecular flexibility index (Phi) is 4.73. The first-order valence-electron chi connectivity index (χ1n) is 6.41. The van der Waals surface area contributed by atoms with Crippen LogP contribution in [-0.2, 0) is 10.0 Å². The SMILES string of the molecule is Cc1c(NS(C)(=O)=O)cccc1C(=O)Nc1ccccc1Cl. The Morgan fingerprint density at radius 1 is 1.05 bits per heavy atom. The lowest BCUT2D eigenvalue weighted by molar-refractivity contribution is 0.102. The Hall–Kier alpha value is -2.05. The van der Waals surface area contributed by atoms with Crippen molar-refractivity contribution < 1.29 is 13.2 Å². The van der Waals surface area contributed by atoms with Crippen molar-refractivity contribution in [1.29, 1.82) is 0 Å². The number of sulfonamides is 1. The number of anilines is 2. The lowest BCUT2D eigenvalue weighted by atomic mass is 10.1. The van der Waals surface area contributed by atoms with E-state index in [9.17, 15) is 13.2 Å². The molecule has 0 spiro atoms. The Bertz CT molecular complexity index is 819. The van der Waals surface area contributed by atoms with Crippen LogP contribution in [0, 0.1) is 6.92 Å². The number of amides is 1. The van der Waals surface area contributed by atoms with Crippen LogP contribution in [0.3, 0.4) is 0 Å². The van der Waals surface area contributed by atoms with Crippen LogP contribution in [0.1, 0.15) is 15.9 Å². The smallest absolute Gasteiger partial charge is 0.256 e. The molecule has 0 heterocycles. The summed E-state index contributed by atoms with van der Waals surface area (Å²) in [5.41, 5.74) is 1.77. The maximum Gasteiger partial charge on any atom is 0.256 e. The molecule has 0 aromatic heterocycles. The molecule has 0 atom stereocenters. The van der Waals surface area contributed by atoms with Gasteiger partial charge in [0.2, 0.25) is 10.0 Å². The topological polar surface area (TPSA) is 75.3 Å². The quantitative estimate of drug-likeness (QED) is 0.898. The highest BCUT2D eigenvalue weighted by Gasteiger charge is 2.14. The standard InChI is InChI=1S/C15H15ClN2O3S/c1-10-11(6-5-9-13(10)18-22(2,20)21)15(19)17-14-8-4-3-7-12(14)16/h3-9,18H,1-2H3,(H,17,19). The van der Waals surface area contributed by atoms with Gasteiger partial charge in [-0.1, -0.05) is 29.8 Å². The molecule has 0 aliphatic rings. The van der Waals surface area contributed by atoms with E-state index in [0.717, 1.165) is 6.26 Å². The molecule has 0 radical (unpaired) electrons. The fourth-order valence-electron chi connectivity index (χ4n) is 1.94. The molecule has 0 bridgehead atoms. The zero-order valence-electron chi connectivity index (χ0n) is 12.1. The van der Waals surface area contributed by atoms with Crippen LogP contribution in [0.4, 0.5) is 11.4 Å². The van der Waals surface area contributed by atoms with E-state index in [4.69, 9.17) is 11.6 Å². The summed E-state index contributed by atoms with van der Waals surface area (Å²) in [5.74, 6) is -0.359. The van der Waals surface area contributed by atoms with Crippen molar-refractivity contribution in [3.63, 3.8) is 0 Å². The van der Waals surface area contributed by atoms with Crippen LogP contribution >= 0.6 is 11.6 Å². The van der Waals surface area contributed by atoms with Gasteiger partial charge in [-0.3, -0.25) is 9.52 Å². The molecule has 0 fully saturated rings. The zero-order chi connectivity index (χ0) is 16.3. The van der Waals surface area contributed by atoms with Gasteiger partial charge in [0.15, 0.2) is 0 Å². The number of carbonyl (C=O) groups excluding carboxylic acids is 1. The van der Waals surface area contributed by atoms with E-state index >= 15 is 0 Å². The van der Waals surface area contributed by atoms with E-state index in [2.05, 4.69) is 10.0 Å². The summed E-state index contributed by atoms with van der Waals surface area (Å²) in [6.45, 7) is 1.68. The first-order chi connectivity index (χ1) is 10.3. The second-order valence-corrected chi connectivity index (χ2v) is 6.94. The maximum absolute atomic E-state index is 12.4. The van der Waals surface area contributed by atoms with Gasteiger partial charge in [0.1, 0.15) is 0 Å². The van der Waals surface area contributed by atoms with Crippen LogP contribution in [0.2, 0.25) is 5.02 Å². The lowest BCUT2D eigenvalue weighted by Gasteiger charge is -2.13. The van der Waals surface area contributed by atoms with Gasteiger partial charge >= 0.3 is 0 Å². The first kappa shape index (κ1) is 16.3. The molecule has 116 valence electrons. The molecule has 2 aromatic carbocycles. The van der Waals surface area contributed by atoms with E-state index in [1.54, 1.807) is 49.4 Å². The molecule has 0 aliphatic carbocycles. The van der Waals surface area contributed by atoms with E-state index in [1.807, 2.05) is 0 Å².